The van der Waals surface area contributed by atoms with Crippen molar-refractivity contribution in [1.82, 2.24) is 0 Å². The minimum Gasteiger partial charge on any atom is -0.508 e. The van der Waals surface area contributed by atoms with Gasteiger partial charge in [-0.25, -0.2) is 0 Å². The molecule has 0 aliphatic carbocycles. The molecule has 1 aromatic rings. The molecule has 1 rings (SSSR count). The number of hydrogen-bond donors (Lipinski definition) is 2. The van der Waals surface area contributed by atoms with Gasteiger partial charge in [0.25, 0.3) is 0 Å². The number of phenols is 1. The average Bonchev–Trinajstić information content (AvgIpc) is 2.29. The SMILES string of the molecule is CC(=O)CCC(Br)c1cc(Br)c(NC(C)=O)cc1O. The van der Waals surface area contributed by atoms with Crippen LogP contribution in [0.2, 0.25) is 0 Å². The topological polar surface area (TPSA) is 66.4 Å². The molecule has 0 saturated heterocycles. The molecule has 19 heavy (non-hydrogen) atoms. The molecule has 6 heteroatoms. The molecule has 4 nitrogen and oxygen atoms in total. The highest BCUT2D eigenvalue weighted by Gasteiger charge is 2.16. The Morgan fingerprint density at radius 2 is 2.00 bits per heavy atom. The first-order chi connectivity index (χ1) is 8.81. The summed E-state index contributed by atoms with van der Waals surface area (Å²) in [4.78, 5) is 21.9. The first kappa shape index (κ1) is 16.2. The molecule has 0 fully saturated rings. The van der Waals surface area contributed by atoms with E-state index in [1.807, 2.05) is 0 Å². The van der Waals surface area contributed by atoms with Gasteiger partial charge in [0.1, 0.15) is 11.5 Å². The summed E-state index contributed by atoms with van der Waals surface area (Å²) in [6.45, 7) is 2.94. The number of phenolic OH excluding ortho intramolecular Hbond substituents is 1. The lowest BCUT2D eigenvalue weighted by Gasteiger charge is -2.14. The number of ketones is 1. The number of halogens is 2. The van der Waals surface area contributed by atoms with Gasteiger partial charge < -0.3 is 15.2 Å². The second kappa shape index (κ2) is 7.05. The Hall–Kier alpha value is -0.880. The maximum absolute atomic E-state index is 11.0. The van der Waals surface area contributed by atoms with Crippen molar-refractivity contribution in [2.75, 3.05) is 5.32 Å². The number of Topliss-reactive ketones (excluding diaryl/α,β-unsaturated/α-hetero) is 1. The van der Waals surface area contributed by atoms with E-state index in [9.17, 15) is 14.7 Å². The average molecular weight is 393 g/mol. The van der Waals surface area contributed by atoms with Gasteiger partial charge in [-0.3, -0.25) is 4.79 Å². The fourth-order valence-corrected chi connectivity index (χ4v) is 2.65. The number of benzene rings is 1. The van der Waals surface area contributed by atoms with Gasteiger partial charge in [-0.15, -0.1) is 0 Å². The zero-order chi connectivity index (χ0) is 14.6. The highest BCUT2D eigenvalue weighted by Crippen LogP contribution is 2.39. The Morgan fingerprint density at radius 1 is 1.37 bits per heavy atom. The molecule has 1 atom stereocenters. The first-order valence-electron chi connectivity index (χ1n) is 5.74. The molecular weight excluding hydrogens is 378 g/mol. The number of aromatic hydroxyl groups is 1. The van der Waals surface area contributed by atoms with E-state index in [0.29, 0.717) is 28.6 Å². The van der Waals surface area contributed by atoms with E-state index < -0.39 is 0 Å². The maximum Gasteiger partial charge on any atom is 0.221 e. The van der Waals surface area contributed by atoms with Crippen LogP contribution in [0.15, 0.2) is 16.6 Å². The maximum atomic E-state index is 11.0. The van der Waals surface area contributed by atoms with E-state index in [-0.39, 0.29) is 22.3 Å². The number of anilines is 1. The number of hydrogen-bond acceptors (Lipinski definition) is 3. The quantitative estimate of drug-likeness (QED) is 0.746. The van der Waals surface area contributed by atoms with Crippen LogP contribution in [0.1, 0.15) is 37.1 Å². The predicted octanol–water partition coefficient (Wildman–Crippen LogP) is 3.92. The Morgan fingerprint density at radius 3 is 2.53 bits per heavy atom. The van der Waals surface area contributed by atoms with Gasteiger partial charge in [0.05, 0.1) is 5.69 Å². The van der Waals surface area contributed by atoms with Crippen molar-refractivity contribution in [2.45, 2.75) is 31.5 Å². The van der Waals surface area contributed by atoms with E-state index in [1.54, 1.807) is 6.07 Å². The third-order valence-electron chi connectivity index (χ3n) is 2.51. The van der Waals surface area contributed by atoms with E-state index in [4.69, 9.17) is 0 Å². The van der Waals surface area contributed by atoms with Crippen molar-refractivity contribution in [3.05, 3.63) is 22.2 Å². The van der Waals surface area contributed by atoms with Crippen LogP contribution in [0, 0.1) is 0 Å². The van der Waals surface area contributed by atoms with E-state index in [0.717, 1.165) is 0 Å². The van der Waals surface area contributed by atoms with Gasteiger partial charge in [0.15, 0.2) is 0 Å². The standard InChI is InChI=1S/C13H15Br2NO3/c1-7(17)3-4-10(14)9-5-11(15)12(6-13(9)19)16-8(2)18/h5-6,10,19H,3-4H2,1-2H3,(H,16,18). The number of amides is 1. The van der Waals surface area contributed by atoms with Crippen LogP contribution in [-0.4, -0.2) is 16.8 Å². The van der Waals surface area contributed by atoms with Crippen LogP contribution in [0.25, 0.3) is 0 Å². The van der Waals surface area contributed by atoms with Gasteiger partial charge in [0.2, 0.25) is 5.91 Å². The highest BCUT2D eigenvalue weighted by molar-refractivity contribution is 9.10. The van der Waals surface area contributed by atoms with Crippen LogP contribution in [-0.2, 0) is 9.59 Å². The Bertz CT molecular complexity index is 503. The highest BCUT2D eigenvalue weighted by atomic mass is 79.9. The van der Waals surface area contributed by atoms with E-state index in [1.165, 1.54) is 19.9 Å². The summed E-state index contributed by atoms with van der Waals surface area (Å²) in [5.74, 6) is -0.0185. The molecule has 0 saturated carbocycles. The molecule has 2 N–H and O–H groups in total. The molecule has 1 amide bonds. The molecular formula is C13H15Br2NO3. The molecule has 0 radical (unpaired) electrons. The summed E-state index contributed by atoms with van der Waals surface area (Å²) >= 11 is 6.80. The largest absolute Gasteiger partial charge is 0.508 e. The molecule has 0 aliphatic rings. The summed E-state index contributed by atoms with van der Waals surface area (Å²) < 4.78 is 0.683. The summed E-state index contributed by atoms with van der Waals surface area (Å²) in [5, 5.41) is 12.6. The number of carbonyl (C=O) groups is 2. The summed E-state index contributed by atoms with van der Waals surface area (Å²) in [6, 6.07) is 3.23. The molecule has 0 heterocycles. The van der Waals surface area contributed by atoms with Crippen LogP contribution in [0.3, 0.4) is 0 Å². The minimum atomic E-state index is -0.208. The predicted molar refractivity (Wildman–Crippen MR) is 81.7 cm³/mol. The van der Waals surface area contributed by atoms with Gasteiger partial charge in [-0.2, -0.15) is 0 Å². The van der Waals surface area contributed by atoms with Crippen LogP contribution >= 0.6 is 31.9 Å². The van der Waals surface area contributed by atoms with Crippen molar-refractivity contribution < 1.29 is 14.7 Å². The first-order valence-corrected chi connectivity index (χ1v) is 7.45. The Labute approximate surface area is 128 Å². The molecule has 0 aromatic heterocycles. The van der Waals surface area contributed by atoms with Crippen molar-refractivity contribution in [3.8, 4) is 5.75 Å². The Balaban J connectivity index is 2.94. The van der Waals surface area contributed by atoms with Gasteiger partial charge in [-0.05, 0) is 35.3 Å². The van der Waals surface area contributed by atoms with Crippen molar-refractivity contribution in [3.63, 3.8) is 0 Å². The molecule has 0 aliphatic heterocycles. The summed E-state index contributed by atoms with van der Waals surface area (Å²) in [6.07, 6.45) is 1.05. The fraction of sp³-hybridized carbons (Fsp3) is 0.385. The second-order valence-electron chi connectivity index (χ2n) is 4.28. The number of rotatable bonds is 5. The third kappa shape index (κ3) is 4.95. The monoisotopic (exact) mass is 391 g/mol. The smallest absolute Gasteiger partial charge is 0.221 e. The summed E-state index contributed by atoms with van der Waals surface area (Å²) in [5.41, 5.74) is 1.20. The van der Waals surface area contributed by atoms with Crippen molar-refractivity contribution in [2.24, 2.45) is 0 Å². The molecule has 1 unspecified atom stereocenters. The summed E-state index contributed by atoms with van der Waals surface area (Å²) in [7, 11) is 0. The van der Waals surface area contributed by atoms with Crippen LogP contribution < -0.4 is 5.32 Å². The molecule has 104 valence electrons. The molecule has 0 bridgehead atoms. The van der Waals surface area contributed by atoms with Gasteiger partial charge in [0, 0.05) is 34.3 Å². The minimum absolute atomic E-state index is 0.0809. The molecule has 1 aromatic carbocycles. The number of carbonyl (C=O) groups excluding carboxylic acids is 2. The van der Waals surface area contributed by atoms with E-state index in [2.05, 4.69) is 37.2 Å². The van der Waals surface area contributed by atoms with Crippen LogP contribution in [0.4, 0.5) is 5.69 Å². The lowest BCUT2D eigenvalue weighted by Crippen LogP contribution is -2.07. The zero-order valence-corrected chi connectivity index (χ0v) is 13.8. The van der Waals surface area contributed by atoms with E-state index >= 15 is 0 Å². The molecule has 0 spiro atoms. The fourth-order valence-electron chi connectivity index (χ4n) is 1.60. The van der Waals surface area contributed by atoms with Crippen molar-refractivity contribution in [1.29, 1.82) is 0 Å². The normalized spacial score (nSPS) is 12.0. The van der Waals surface area contributed by atoms with Crippen LogP contribution in [0.5, 0.6) is 5.75 Å². The second-order valence-corrected chi connectivity index (χ2v) is 6.24. The number of nitrogens with one attached hydrogen (secondary N) is 1. The lowest BCUT2D eigenvalue weighted by molar-refractivity contribution is -0.117. The third-order valence-corrected chi connectivity index (χ3v) is 4.12. The van der Waals surface area contributed by atoms with Crippen molar-refractivity contribution >= 4 is 49.2 Å². The van der Waals surface area contributed by atoms with Gasteiger partial charge in [-0.1, -0.05) is 15.9 Å². The number of alkyl halides is 1. The Kier molecular flexibility index (Phi) is 6.00. The zero-order valence-electron chi connectivity index (χ0n) is 10.7. The lowest BCUT2D eigenvalue weighted by atomic mass is 10.1. The van der Waals surface area contributed by atoms with Gasteiger partial charge >= 0.3 is 0 Å².